The number of nitrogens with one attached hydrogen (secondary N) is 1. The van der Waals surface area contributed by atoms with E-state index in [-0.39, 0.29) is 24.1 Å². The molecule has 0 aromatic heterocycles. The number of benzene rings is 1. The molecule has 0 aliphatic rings. The lowest BCUT2D eigenvalue weighted by Crippen LogP contribution is -2.36. The minimum absolute atomic E-state index is 0.0889. The Labute approximate surface area is 123 Å². The van der Waals surface area contributed by atoms with Gasteiger partial charge in [-0.2, -0.15) is 0 Å². The van der Waals surface area contributed by atoms with Gasteiger partial charge in [-0.15, -0.1) is 0 Å². The molecule has 0 aliphatic heterocycles. The molecule has 0 fully saturated rings. The summed E-state index contributed by atoms with van der Waals surface area (Å²) in [5, 5.41) is 2.77. The van der Waals surface area contributed by atoms with Crippen LogP contribution in [0.4, 0.5) is 0 Å². The fourth-order valence-electron chi connectivity index (χ4n) is 1.75. The molecule has 0 unspecified atom stereocenters. The summed E-state index contributed by atoms with van der Waals surface area (Å²) in [5.41, 5.74) is 5.67. The molecular weight excluding hydrogens is 272 g/mol. The molecule has 0 saturated heterocycles. The van der Waals surface area contributed by atoms with Crippen LogP contribution in [0.2, 0.25) is 0 Å². The Bertz CT molecular complexity index is 507. The third-order valence-electron chi connectivity index (χ3n) is 3.09. The molecule has 21 heavy (non-hydrogen) atoms. The van der Waals surface area contributed by atoms with Gasteiger partial charge in [0.25, 0.3) is 5.91 Å². The number of hydrogen-bond donors (Lipinski definition) is 2. The van der Waals surface area contributed by atoms with Gasteiger partial charge in [0, 0.05) is 11.6 Å². The molecule has 114 valence electrons. The Morgan fingerprint density at radius 2 is 1.62 bits per heavy atom. The molecule has 0 heterocycles. The maximum absolute atomic E-state index is 11.7. The van der Waals surface area contributed by atoms with Crippen molar-refractivity contribution in [3.8, 4) is 0 Å². The van der Waals surface area contributed by atoms with Crippen LogP contribution in [0.5, 0.6) is 0 Å². The Morgan fingerprint density at radius 3 is 2.10 bits per heavy atom. The lowest BCUT2D eigenvalue weighted by atomic mass is 10.1. The van der Waals surface area contributed by atoms with Crippen LogP contribution in [0.25, 0.3) is 0 Å². The summed E-state index contributed by atoms with van der Waals surface area (Å²) in [6.07, 6.45) is 1.65. The molecule has 2 amide bonds. The van der Waals surface area contributed by atoms with Crippen molar-refractivity contribution in [3.63, 3.8) is 0 Å². The molecule has 0 atom stereocenters. The lowest BCUT2D eigenvalue weighted by Gasteiger charge is -2.14. The summed E-state index contributed by atoms with van der Waals surface area (Å²) < 4.78 is 4.91. The second kappa shape index (κ2) is 8.04. The van der Waals surface area contributed by atoms with Crippen molar-refractivity contribution in [1.29, 1.82) is 0 Å². The Kier molecular flexibility index (Phi) is 6.39. The van der Waals surface area contributed by atoms with Gasteiger partial charge in [0.2, 0.25) is 5.91 Å². The first kappa shape index (κ1) is 16.7. The number of ether oxygens (including phenoxy) is 1. The number of carbonyl (C=O) groups excluding carboxylic acids is 3. The minimum Gasteiger partial charge on any atom is -0.452 e. The van der Waals surface area contributed by atoms with Crippen molar-refractivity contribution in [2.75, 3.05) is 6.61 Å². The zero-order chi connectivity index (χ0) is 15.8. The largest absolute Gasteiger partial charge is 0.452 e. The zero-order valence-electron chi connectivity index (χ0n) is 12.2. The highest BCUT2D eigenvalue weighted by atomic mass is 16.5. The van der Waals surface area contributed by atoms with Crippen LogP contribution in [0.3, 0.4) is 0 Å². The van der Waals surface area contributed by atoms with Crippen LogP contribution in [0, 0.1) is 0 Å². The van der Waals surface area contributed by atoms with E-state index in [1.165, 1.54) is 24.3 Å². The maximum atomic E-state index is 11.7. The third-order valence-corrected chi connectivity index (χ3v) is 3.09. The summed E-state index contributed by atoms with van der Waals surface area (Å²) in [6.45, 7) is 3.62. The van der Waals surface area contributed by atoms with Gasteiger partial charge in [-0.25, -0.2) is 4.79 Å². The molecule has 0 saturated carbocycles. The van der Waals surface area contributed by atoms with E-state index in [0.717, 1.165) is 12.8 Å². The number of carbonyl (C=O) groups is 3. The van der Waals surface area contributed by atoms with Gasteiger partial charge < -0.3 is 15.8 Å². The first-order valence-electron chi connectivity index (χ1n) is 6.84. The summed E-state index contributed by atoms with van der Waals surface area (Å²) in [6, 6.07) is 5.82. The number of esters is 1. The maximum Gasteiger partial charge on any atom is 0.338 e. The van der Waals surface area contributed by atoms with E-state index < -0.39 is 11.9 Å². The standard InChI is InChI=1S/C15H20N2O4/c1-3-12(4-2)17-13(18)9-21-15(20)11-7-5-10(6-8-11)14(16)19/h5-8,12H,3-4,9H2,1-2H3,(H2,16,19)(H,17,18). The number of hydrogen-bond acceptors (Lipinski definition) is 4. The molecule has 0 aliphatic carbocycles. The van der Waals surface area contributed by atoms with E-state index in [1.807, 2.05) is 13.8 Å². The van der Waals surface area contributed by atoms with Gasteiger partial charge >= 0.3 is 5.97 Å². The van der Waals surface area contributed by atoms with Crippen molar-refractivity contribution >= 4 is 17.8 Å². The van der Waals surface area contributed by atoms with Crippen LogP contribution in [0.1, 0.15) is 47.4 Å². The van der Waals surface area contributed by atoms with E-state index in [0.29, 0.717) is 5.56 Å². The van der Waals surface area contributed by atoms with Gasteiger partial charge in [-0.05, 0) is 37.1 Å². The van der Waals surface area contributed by atoms with E-state index in [1.54, 1.807) is 0 Å². The van der Waals surface area contributed by atoms with Crippen LogP contribution >= 0.6 is 0 Å². The highest BCUT2D eigenvalue weighted by Crippen LogP contribution is 2.05. The summed E-state index contributed by atoms with van der Waals surface area (Å²) in [7, 11) is 0. The molecule has 6 heteroatoms. The molecule has 6 nitrogen and oxygen atoms in total. The first-order chi connectivity index (χ1) is 9.97. The normalized spacial score (nSPS) is 10.2. The van der Waals surface area contributed by atoms with Crippen LogP contribution in [0.15, 0.2) is 24.3 Å². The number of amides is 2. The van der Waals surface area contributed by atoms with Crippen LogP contribution in [-0.2, 0) is 9.53 Å². The van der Waals surface area contributed by atoms with E-state index in [9.17, 15) is 14.4 Å². The fourth-order valence-corrected chi connectivity index (χ4v) is 1.75. The van der Waals surface area contributed by atoms with Gasteiger partial charge in [-0.3, -0.25) is 9.59 Å². The summed E-state index contributed by atoms with van der Waals surface area (Å²) >= 11 is 0. The lowest BCUT2D eigenvalue weighted by molar-refractivity contribution is -0.125. The number of primary amides is 1. The molecule has 0 spiro atoms. The van der Waals surface area contributed by atoms with E-state index >= 15 is 0 Å². The minimum atomic E-state index is -0.620. The Balaban J connectivity index is 2.50. The quantitative estimate of drug-likeness (QED) is 0.739. The molecule has 1 aromatic carbocycles. The first-order valence-corrected chi connectivity index (χ1v) is 6.84. The van der Waals surface area contributed by atoms with Crippen molar-refractivity contribution in [1.82, 2.24) is 5.32 Å². The average molecular weight is 292 g/mol. The summed E-state index contributed by atoms with van der Waals surface area (Å²) in [5.74, 6) is -1.52. The van der Waals surface area contributed by atoms with E-state index in [2.05, 4.69) is 5.32 Å². The number of rotatable bonds is 7. The molecule has 0 bridgehead atoms. The third kappa shape index (κ3) is 5.25. The molecule has 1 rings (SSSR count). The zero-order valence-corrected chi connectivity index (χ0v) is 12.2. The molecular formula is C15H20N2O4. The Morgan fingerprint density at radius 1 is 1.10 bits per heavy atom. The molecule has 1 aromatic rings. The smallest absolute Gasteiger partial charge is 0.338 e. The van der Waals surface area contributed by atoms with Crippen molar-refractivity contribution in [3.05, 3.63) is 35.4 Å². The van der Waals surface area contributed by atoms with Crippen molar-refractivity contribution < 1.29 is 19.1 Å². The summed E-state index contributed by atoms with van der Waals surface area (Å²) in [4.78, 5) is 34.2. The van der Waals surface area contributed by atoms with Gasteiger partial charge in [0.05, 0.1) is 5.56 Å². The predicted octanol–water partition coefficient (Wildman–Crippen LogP) is 1.25. The second-order valence-electron chi connectivity index (χ2n) is 4.60. The van der Waals surface area contributed by atoms with Crippen molar-refractivity contribution in [2.45, 2.75) is 32.7 Å². The van der Waals surface area contributed by atoms with Crippen LogP contribution in [-0.4, -0.2) is 30.4 Å². The predicted molar refractivity (Wildman–Crippen MR) is 77.8 cm³/mol. The van der Waals surface area contributed by atoms with Gasteiger partial charge in [0.15, 0.2) is 6.61 Å². The highest BCUT2D eigenvalue weighted by molar-refractivity contribution is 5.95. The average Bonchev–Trinajstić information content (AvgIpc) is 2.50. The highest BCUT2D eigenvalue weighted by Gasteiger charge is 2.13. The van der Waals surface area contributed by atoms with Crippen molar-refractivity contribution in [2.24, 2.45) is 5.73 Å². The van der Waals surface area contributed by atoms with Crippen LogP contribution < -0.4 is 11.1 Å². The van der Waals surface area contributed by atoms with E-state index in [4.69, 9.17) is 10.5 Å². The van der Waals surface area contributed by atoms with Gasteiger partial charge in [0.1, 0.15) is 0 Å². The Hall–Kier alpha value is -2.37. The molecule has 0 radical (unpaired) electrons. The topological polar surface area (TPSA) is 98.5 Å². The number of nitrogens with two attached hydrogens (primary N) is 1. The molecule has 3 N–H and O–H groups in total. The fraction of sp³-hybridized carbons (Fsp3) is 0.400. The van der Waals surface area contributed by atoms with Gasteiger partial charge in [-0.1, -0.05) is 13.8 Å². The second-order valence-corrected chi connectivity index (χ2v) is 4.60. The monoisotopic (exact) mass is 292 g/mol. The SMILES string of the molecule is CCC(CC)NC(=O)COC(=O)c1ccc(C(N)=O)cc1.